The lowest BCUT2D eigenvalue weighted by Crippen LogP contribution is -2.37. The highest BCUT2D eigenvalue weighted by Crippen LogP contribution is 2.19. The number of rotatable bonds is 7. The number of esters is 1. The van der Waals surface area contributed by atoms with E-state index in [1.54, 1.807) is 12.1 Å². The fourth-order valence-corrected chi connectivity index (χ4v) is 3.19. The molecule has 1 aromatic heterocycles. The van der Waals surface area contributed by atoms with Gasteiger partial charge in [0.2, 0.25) is 5.78 Å². The number of Topliss-reactive ketones (excluding diaryl/α,β-unsaturated/α-hetero) is 1. The predicted molar refractivity (Wildman–Crippen MR) is 118 cm³/mol. The molecule has 0 spiro atoms. The number of nitro benzene ring substituents is 1. The minimum Gasteiger partial charge on any atom is -0.468 e. The lowest BCUT2D eigenvalue weighted by Gasteiger charge is -2.13. The number of carbonyl (C=O) groups excluding carboxylic acids is 3. The summed E-state index contributed by atoms with van der Waals surface area (Å²) in [6, 6.07) is 8.49. The number of nitro groups is 1. The molecule has 0 radical (unpaired) electrons. The summed E-state index contributed by atoms with van der Waals surface area (Å²) >= 11 is 0. The van der Waals surface area contributed by atoms with Gasteiger partial charge in [0.25, 0.3) is 17.2 Å². The van der Waals surface area contributed by atoms with Crippen molar-refractivity contribution in [1.82, 2.24) is 9.97 Å². The van der Waals surface area contributed by atoms with Gasteiger partial charge in [-0.05, 0) is 43.2 Å². The van der Waals surface area contributed by atoms with Gasteiger partial charge in [0.05, 0.1) is 23.1 Å². The number of aromatic nitrogens is 2. The SMILES string of the molecule is COC(=O)C(Cc1nc2cc(C)c(C)cc2[nH]c1=O)C(=O)C(=O)Nc1cccc([N+](=O)[O-])c1. The molecule has 170 valence electrons. The fourth-order valence-electron chi connectivity index (χ4n) is 3.19. The minimum atomic E-state index is -1.63. The molecular weight excluding hydrogens is 432 g/mol. The number of fused-ring (bicyclic) bond motifs is 1. The number of amides is 1. The minimum absolute atomic E-state index is 0.00121. The maximum absolute atomic E-state index is 12.8. The Kier molecular flexibility index (Phi) is 6.61. The van der Waals surface area contributed by atoms with Crippen molar-refractivity contribution in [2.75, 3.05) is 12.4 Å². The van der Waals surface area contributed by atoms with E-state index in [0.29, 0.717) is 11.0 Å². The van der Waals surface area contributed by atoms with Gasteiger partial charge in [0, 0.05) is 24.2 Å². The molecule has 0 saturated carbocycles. The van der Waals surface area contributed by atoms with Gasteiger partial charge in [-0.2, -0.15) is 0 Å². The van der Waals surface area contributed by atoms with E-state index < -0.39 is 40.5 Å². The summed E-state index contributed by atoms with van der Waals surface area (Å²) in [4.78, 5) is 67.2. The van der Waals surface area contributed by atoms with Crippen molar-refractivity contribution >= 4 is 40.1 Å². The molecule has 0 saturated heterocycles. The molecule has 3 aromatic rings. The molecule has 3 rings (SSSR count). The number of ether oxygens (including phenoxy) is 1. The summed E-state index contributed by atoms with van der Waals surface area (Å²) in [6.07, 6.45) is -0.466. The lowest BCUT2D eigenvalue weighted by atomic mass is 9.97. The Labute approximate surface area is 186 Å². The molecule has 0 aliphatic rings. The molecule has 2 N–H and O–H groups in total. The van der Waals surface area contributed by atoms with E-state index >= 15 is 0 Å². The van der Waals surface area contributed by atoms with Gasteiger partial charge in [0.15, 0.2) is 0 Å². The van der Waals surface area contributed by atoms with Crippen LogP contribution in [0.4, 0.5) is 11.4 Å². The third kappa shape index (κ3) is 5.09. The molecule has 0 aliphatic carbocycles. The van der Waals surface area contributed by atoms with Gasteiger partial charge >= 0.3 is 5.97 Å². The van der Waals surface area contributed by atoms with Crippen LogP contribution in [0, 0.1) is 29.9 Å². The van der Waals surface area contributed by atoms with E-state index in [1.165, 1.54) is 18.2 Å². The van der Waals surface area contributed by atoms with Crippen LogP contribution in [-0.2, 0) is 25.5 Å². The number of ketones is 1. The van der Waals surface area contributed by atoms with E-state index in [0.717, 1.165) is 24.3 Å². The first-order chi connectivity index (χ1) is 15.6. The van der Waals surface area contributed by atoms with Crippen molar-refractivity contribution in [2.45, 2.75) is 20.3 Å². The molecule has 11 heteroatoms. The van der Waals surface area contributed by atoms with Crippen LogP contribution < -0.4 is 10.9 Å². The quantitative estimate of drug-likeness (QED) is 0.181. The van der Waals surface area contributed by atoms with Crippen LogP contribution in [0.3, 0.4) is 0 Å². The second-order valence-corrected chi connectivity index (χ2v) is 7.37. The van der Waals surface area contributed by atoms with Crippen molar-refractivity contribution in [1.29, 1.82) is 0 Å². The first-order valence-corrected chi connectivity index (χ1v) is 9.78. The Morgan fingerprint density at radius 3 is 2.55 bits per heavy atom. The van der Waals surface area contributed by atoms with Crippen molar-refractivity contribution in [3.63, 3.8) is 0 Å². The van der Waals surface area contributed by atoms with E-state index in [-0.39, 0.29) is 17.1 Å². The standard InChI is InChI=1S/C22H20N4O7/c1-11-7-16-17(8-12(11)2)25-20(28)18(24-16)10-15(22(30)33-3)19(27)21(29)23-13-5-4-6-14(9-13)26(31)32/h4-9,15H,10H2,1-3H3,(H,23,29)(H,25,28). The largest absolute Gasteiger partial charge is 0.468 e. The van der Waals surface area contributed by atoms with Crippen LogP contribution >= 0.6 is 0 Å². The molecule has 1 unspecified atom stereocenters. The molecule has 11 nitrogen and oxygen atoms in total. The number of nitrogens with zero attached hydrogens (tertiary/aromatic N) is 2. The number of H-pyrrole nitrogens is 1. The first kappa shape index (κ1) is 23.3. The average Bonchev–Trinajstić information content (AvgIpc) is 2.78. The van der Waals surface area contributed by atoms with Crippen LogP contribution in [0.5, 0.6) is 0 Å². The first-order valence-electron chi connectivity index (χ1n) is 9.78. The third-order valence-corrected chi connectivity index (χ3v) is 5.12. The number of methoxy groups -OCH3 is 1. The van der Waals surface area contributed by atoms with E-state index in [4.69, 9.17) is 0 Å². The zero-order valence-electron chi connectivity index (χ0n) is 18.0. The molecular formula is C22H20N4O7. The molecule has 33 heavy (non-hydrogen) atoms. The number of carbonyl (C=O) groups is 3. The number of hydrogen-bond acceptors (Lipinski definition) is 8. The summed E-state index contributed by atoms with van der Waals surface area (Å²) < 4.78 is 4.65. The number of nitrogens with one attached hydrogen (secondary N) is 2. The zero-order chi connectivity index (χ0) is 24.3. The number of aryl methyl sites for hydroxylation is 2. The number of non-ortho nitro benzene ring substituents is 1. The Morgan fingerprint density at radius 2 is 1.88 bits per heavy atom. The van der Waals surface area contributed by atoms with Gasteiger partial charge in [0.1, 0.15) is 11.6 Å². The zero-order valence-corrected chi connectivity index (χ0v) is 18.0. The summed E-state index contributed by atoms with van der Waals surface area (Å²) in [6.45, 7) is 3.76. The highest BCUT2D eigenvalue weighted by Gasteiger charge is 2.34. The Hall–Kier alpha value is -4.41. The summed E-state index contributed by atoms with van der Waals surface area (Å²) in [5.74, 6) is -5.01. The van der Waals surface area contributed by atoms with Crippen LogP contribution in [0.1, 0.15) is 16.8 Å². The smallest absolute Gasteiger partial charge is 0.317 e. The molecule has 1 amide bonds. The fraction of sp³-hybridized carbons (Fsp3) is 0.227. The van der Waals surface area contributed by atoms with E-state index in [2.05, 4.69) is 20.0 Å². The molecule has 0 aliphatic heterocycles. The van der Waals surface area contributed by atoms with Gasteiger partial charge in [-0.3, -0.25) is 29.3 Å². The molecule has 0 fully saturated rings. The summed E-state index contributed by atoms with van der Waals surface area (Å²) in [5, 5.41) is 13.1. The number of aromatic amines is 1. The summed E-state index contributed by atoms with van der Waals surface area (Å²) in [5.41, 5.74) is 1.84. The third-order valence-electron chi connectivity index (χ3n) is 5.12. The van der Waals surface area contributed by atoms with Gasteiger partial charge in [-0.15, -0.1) is 0 Å². The van der Waals surface area contributed by atoms with Crippen molar-refractivity contribution in [3.05, 3.63) is 73.7 Å². The average molecular weight is 452 g/mol. The molecule has 1 heterocycles. The van der Waals surface area contributed by atoms with Crippen LogP contribution in [0.25, 0.3) is 11.0 Å². The lowest BCUT2D eigenvalue weighted by molar-refractivity contribution is -0.384. The molecule has 0 bridgehead atoms. The normalized spacial score (nSPS) is 11.6. The topological polar surface area (TPSA) is 161 Å². The van der Waals surface area contributed by atoms with Crippen LogP contribution in [-0.4, -0.2) is 39.7 Å². The van der Waals surface area contributed by atoms with Crippen molar-refractivity contribution in [3.8, 4) is 0 Å². The number of benzene rings is 2. The number of anilines is 1. The van der Waals surface area contributed by atoms with Crippen LogP contribution in [0.15, 0.2) is 41.2 Å². The van der Waals surface area contributed by atoms with Gasteiger partial charge in [-0.25, -0.2) is 4.98 Å². The summed E-state index contributed by atoms with van der Waals surface area (Å²) in [7, 11) is 1.05. The van der Waals surface area contributed by atoms with Crippen molar-refractivity contribution < 1.29 is 24.0 Å². The Morgan fingerprint density at radius 1 is 1.18 bits per heavy atom. The maximum atomic E-state index is 12.8. The second-order valence-electron chi connectivity index (χ2n) is 7.37. The van der Waals surface area contributed by atoms with Gasteiger partial charge in [-0.1, -0.05) is 6.07 Å². The predicted octanol–water partition coefficient (Wildman–Crippen LogP) is 1.99. The Balaban J connectivity index is 1.89. The monoisotopic (exact) mass is 452 g/mol. The van der Waals surface area contributed by atoms with E-state index in [9.17, 15) is 29.3 Å². The van der Waals surface area contributed by atoms with E-state index in [1.807, 2.05) is 13.8 Å². The maximum Gasteiger partial charge on any atom is 0.317 e. The highest BCUT2D eigenvalue weighted by atomic mass is 16.6. The molecule has 2 aromatic carbocycles. The van der Waals surface area contributed by atoms with Crippen molar-refractivity contribution in [2.24, 2.45) is 5.92 Å². The highest BCUT2D eigenvalue weighted by molar-refractivity contribution is 6.44. The number of hydrogen-bond donors (Lipinski definition) is 2. The second kappa shape index (κ2) is 9.39. The van der Waals surface area contributed by atoms with Crippen LogP contribution in [0.2, 0.25) is 0 Å². The molecule has 1 atom stereocenters. The van der Waals surface area contributed by atoms with Gasteiger partial charge < -0.3 is 15.0 Å². The Bertz CT molecular complexity index is 1350.